The molecule has 0 aromatic heterocycles. The van der Waals surface area contributed by atoms with Crippen molar-refractivity contribution in [3.05, 3.63) is 70.3 Å². The zero-order valence-electron chi connectivity index (χ0n) is 15.3. The van der Waals surface area contributed by atoms with Gasteiger partial charge in [0.25, 0.3) is 0 Å². The number of hydrogen-bond donors (Lipinski definition) is 2. The van der Waals surface area contributed by atoms with Gasteiger partial charge in [-0.3, -0.25) is 0 Å². The topological polar surface area (TPSA) is 60.8 Å². The Hall–Kier alpha value is -2.17. The molecular weight excluding hydrogens is 326 g/mol. The smallest absolute Gasteiger partial charge is 0.335 e. The number of carbonyl (C=O) groups is 1. The van der Waals surface area contributed by atoms with Crippen LogP contribution in [0.25, 0.3) is 0 Å². The first-order valence-corrected chi connectivity index (χ1v) is 9.34. The molecule has 1 heterocycles. The van der Waals surface area contributed by atoms with Crippen LogP contribution < -0.4 is 0 Å². The van der Waals surface area contributed by atoms with E-state index in [2.05, 4.69) is 36.9 Å². The zero-order chi connectivity index (χ0) is 18.5. The van der Waals surface area contributed by atoms with Crippen molar-refractivity contribution in [3.8, 4) is 0 Å². The summed E-state index contributed by atoms with van der Waals surface area (Å²) >= 11 is 0. The van der Waals surface area contributed by atoms with E-state index < -0.39 is 11.6 Å². The molecule has 1 fully saturated rings. The number of carboxylic acid groups (broad SMARTS) is 1. The number of aliphatic hydroxyl groups is 1. The first kappa shape index (κ1) is 17.3. The van der Waals surface area contributed by atoms with Crippen LogP contribution in [0.15, 0.2) is 42.5 Å². The van der Waals surface area contributed by atoms with Gasteiger partial charge in [-0.15, -0.1) is 0 Å². The van der Waals surface area contributed by atoms with Gasteiger partial charge in [-0.2, -0.15) is 0 Å². The first-order valence-electron chi connectivity index (χ1n) is 9.34. The van der Waals surface area contributed by atoms with E-state index in [9.17, 15) is 15.0 Å². The Bertz CT molecular complexity index is 845. The van der Waals surface area contributed by atoms with Crippen molar-refractivity contribution in [1.29, 1.82) is 0 Å². The summed E-state index contributed by atoms with van der Waals surface area (Å²) in [4.78, 5) is 13.6. The van der Waals surface area contributed by atoms with Crippen molar-refractivity contribution in [2.45, 2.75) is 31.8 Å². The second-order valence-corrected chi connectivity index (χ2v) is 7.63. The molecule has 4 rings (SSSR count). The Morgan fingerprint density at radius 3 is 2.62 bits per heavy atom. The summed E-state index contributed by atoms with van der Waals surface area (Å²) in [6, 6.07) is 13.2. The van der Waals surface area contributed by atoms with Crippen LogP contribution in [-0.4, -0.2) is 40.7 Å². The largest absolute Gasteiger partial charge is 0.478 e. The van der Waals surface area contributed by atoms with E-state index >= 15 is 0 Å². The molecule has 2 aromatic rings. The predicted molar refractivity (Wildman–Crippen MR) is 101 cm³/mol. The van der Waals surface area contributed by atoms with Gasteiger partial charge >= 0.3 is 5.97 Å². The van der Waals surface area contributed by atoms with E-state index in [4.69, 9.17) is 0 Å². The summed E-state index contributed by atoms with van der Waals surface area (Å²) in [5.74, 6) is -0.512. The summed E-state index contributed by atoms with van der Waals surface area (Å²) in [5, 5.41) is 21.1. The number of likely N-dealkylation sites (N-methyl/N-ethyl adjacent to an activating group) is 1. The molecule has 0 radical (unpaired) electrons. The Balaban J connectivity index is 1.84. The van der Waals surface area contributed by atoms with Gasteiger partial charge in [-0.25, -0.2) is 4.79 Å². The molecule has 2 aromatic carbocycles. The van der Waals surface area contributed by atoms with Crippen molar-refractivity contribution in [1.82, 2.24) is 4.90 Å². The maximum Gasteiger partial charge on any atom is 0.335 e. The van der Waals surface area contributed by atoms with Crippen LogP contribution in [0.2, 0.25) is 0 Å². The van der Waals surface area contributed by atoms with Gasteiger partial charge in [0.15, 0.2) is 0 Å². The molecule has 2 aliphatic rings. The number of hydrogen-bond acceptors (Lipinski definition) is 3. The molecule has 0 bridgehead atoms. The average Bonchev–Trinajstić information content (AvgIpc) is 2.90. The number of likely N-dealkylation sites (tertiary alicyclic amines) is 1. The van der Waals surface area contributed by atoms with Crippen molar-refractivity contribution in [2.24, 2.45) is 5.92 Å². The minimum Gasteiger partial charge on any atom is -0.478 e. The van der Waals surface area contributed by atoms with Crippen LogP contribution in [0.4, 0.5) is 0 Å². The number of aryl methyl sites for hydroxylation is 1. The number of fused-ring (bicyclic) bond motifs is 3. The zero-order valence-corrected chi connectivity index (χ0v) is 15.3. The molecule has 4 nitrogen and oxygen atoms in total. The molecule has 1 aliphatic heterocycles. The van der Waals surface area contributed by atoms with E-state index in [1.54, 1.807) is 24.3 Å². The van der Waals surface area contributed by atoms with Crippen LogP contribution in [0.3, 0.4) is 0 Å². The summed E-state index contributed by atoms with van der Waals surface area (Å²) in [6.07, 6.45) is 0.934. The van der Waals surface area contributed by atoms with Gasteiger partial charge < -0.3 is 15.1 Å². The normalized spacial score (nSPS) is 27.8. The highest BCUT2D eigenvalue weighted by Crippen LogP contribution is 2.55. The third-order valence-electron chi connectivity index (χ3n) is 6.27. The molecule has 26 heavy (non-hydrogen) atoms. The maximum absolute atomic E-state index is 12.0. The highest BCUT2D eigenvalue weighted by atomic mass is 16.4. The number of aromatic carboxylic acids is 1. The van der Waals surface area contributed by atoms with Crippen molar-refractivity contribution >= 4 is 5.97 Å². The third-order valence-corrected chi connectivity index (χ3v) is 6.27. The molecule has 1 unspecified atom stereocenters. The fraction of sp³-hybridized carbons (Fsp3) is 0.409. The molecule has 1 aliphatic carbocycles. The molecule has 136 valence electrons. The fourth-order valence-corrected chi connectivity index (χ4v) is 4.88. The lowest BCUT2D eigenvalue weighted by atomic mass is 9.74. The van der Waals surface area contributed by atoms with Gasteiger partial charge in [-0.05, 0) is 55.3 Å². The Morgan fingerprint density at radius 1 is 1.23 bits per heavy atom. The first-order chi connectivity index (χ1) is 12.4. The van der Waals surface area contributed by atoms with Gasteiger partial charge in [0, 0.05) is 18.4 Å². The monoisotopic (exact) mass is 351 g/mol. The minimum atomic E-state index is -1.05. The summed E-state index contributed by atoms with van der Waals surface area (Å²) in [7, 11) is 0. The van der Waals surface area contributed by atoms with Crippen molar-refractivity contribution < 1.29 is 15.0 Å². The fourth-order valence-electron chi connectivity index (χ4n) is 4.88. The molecule has 4 heteroatoms. The Morgan fingerprint density at radius 2 is 1.96 bits per heavy atom. The average molecular weight is 351 g/mol. The molecule has 2 N–H and O–H groups in total. The number of carboxylic acids is 1. The maximum atomic E-state index is 12.0. The second-order valence-electron chi connectivity index (χ2n) is 7.63. The van der Waals surface area contributed by atoms with E-state index in [1.165, 1.54) is 5.56 Å². The third kappa shape index (κ3) is 2.48. The number of rotatable bonds is 3. The standard InChI is InChI=1S/C22H25NO3/c1-3-23-11-10-19-18(13-23)17-9-4-14(2)12-20(17)22(19,26)16-7-5-15(6-8-16)21(24)25/h4-9,12,18-19,26H,3,10-11,13H2,1-2H3,(H,24,25)/t18-,19-,22?/m1/s1. The molecular formula is C22H25NO3. The van der Waals surface area contributed by atoms with E-state index in [-0.39, 0.29) is 11.5 Å². The number of benzene rings is 2. The molecule has 1 saturated heterocycles. The lowest BCUT2D eigenvalue weighted by molar-refractivity contribution is -0.00744. The van der Waals surface area contributed by atoms with Gasteiger partial charge in [0.2, 0.25) is 0 Å². The van der Waals surface area contributed by atoms with Crippen molar-refractivity contribution in [2.75, 3.05) is 19.6 Å². The highest BCUT2D eigenvalue weighted by Gasteiger charge is 2.53. The number of piperidine rings is 1. The van der Waals surface area contributed by atoms with E-state index in [1.807, 2.05) is 0 Å². The molecule has 0 amide bonds. The van der Waals surface area contributed by atoms with Gasteiger partial charge in [0.05, 0.1) is 5.56 Å². The lowest BCUT2D eigenvalue weighted by Crippen LogP contribution is -2.44. The molecule has 0 saturated carbocycles. The quantitative estimate of drug-likeness (QED) is 0.890. The predicted octanol–water partition coefficient (Wildman–Crippen LogP) is 3.37. The molecule has 0 spiro atoms. The lowest BCUT2D eigenvalue weighted by Gasteiger charge is -2.40. The van der Waals surface area contributed by atoms with Gasteiger partial charge in [-0.1, -0.05) is 42.8 Å². The van der Waals surface area contributed by atoms with Crippen LogP contribution in [0.5, 0.6) is 0 Å². The number of nitrogens with zero attached hydrogens (tertiary/aromatic N) is 1. The van der Waals surface area contributed by atoms with Crippen molar-refractivity contribution in [3.63, 3.8) is 0 Å². The Kier molecular flexibility index (Phi) is 4.13. The van der Waals surface area contributed by atoms with Crippen LogP contribution in [-0.2, 0) is 5.60 Å². The van der Waals surface area contributed by atoms with Crippen LogP contribution >= 0.6 is 0 Å². The van der Waals surface area contributed by atoms with Crippen LogP contribution in [0.1, 0.15) is 51.9 Å². The minimum absolute atomic E-state index is 0.123. The summed E-state index contributed by atoms with van der Waals surface area (Å²) in [6.45, 7) is 7.21. The Labute approximate surface area is 154 Å². The molecule has 3 atom stereocenters. The van der Waals surface area contributed by atoms with Crippen LogP contribution in [0, 0.1) is 12.8 Å². The van der Waals surface area contributed by atoms with E-state index in [0.29, 0.717) is 5.92 Å². The van der Waals surface area contributed by atoms with E-state index in [0.717, 1.165) is 42.7 Å². The highest BCUT2D eigenvalue weighted by molar-refractivity contribution is 5.87. The summed E-state index contributed by atoms with van der Waals surface area (Å²) in [5.41, 5.74) is 3.36. The van der Waals surface area contributed by atoms with Gasteiger partial charge in [0.1, 0.15) is 5.60 Å². The summed E-state index contributed by atoms with van der Waals surface area (Å²) < 4.78 is 0. The second kappa shape index (κ2) is 6.22. The SMILES string of the molecule is CCN1CC[C@@H]2[C@H](C1)c1ccc(C)cc1C2(O)c1ccc(C(=O)O)cc1.